The molecule has 1 rings (SSSR count). The Morgan fingerprint density at radius 3 is 2.43 bits per heavy atom. The molecule has 4 heteroatoms. The molecule has 0 radical (unpaired) electrons. The minimum Gasteiger partial charge on any atom is -0.394 e. The highest BCUT2D eigenvalue weighted by Crippen LogP contribution is 2.22. The van der Waals surface area contributed by atoms with Crippen LogP contribution in [-0.4, -0.2) is 56.0 Å². The number of benzene rings is 1. The number of hydrogen-bond acceptors (Lipinski definition) is 4. The summed E-state index contributed by atoms with van der Waals surface area (Å²) in [5, 5.41) is 13.5. The van der Waals surface area contributed by atoms with E-state index < -0.39 is 5.54 Å². The lowest BCUT2D eigenvalue weighted by atomic mass is 9.89. The Bertz CT molecular complexity index is 372. The van der Waals surface area contributed by atoms with Crippen LogP contribution in [0.1, 0.15) is 26.3 Å². The Hall–Kier alpha value is -0.940. The summed E-state index contributed by atoms with van der Waals surface area (Å²) < 4.78 is 5.46. The number of hydrogen-bond donors (Lipinski definition) is 2. The highest BCUT2D eigenvalue weighted by atomic mass is 16.5. The summed E-state index contributed by atoms with van der Waals surface area (Å²) in [5.74, 6) is 0. The van der Waals surface area contributed by atoms with Crippen LogP contribution in [0.2, 0.25) is 0 Å². The molecule has 21 heavy (non-hydrogen) atoms. The normalized spacial score (nSPS) is 14.3. The molecule has 0 spiro atoms. The molecule has 4 nitrogen and oxygen atoms in total. The average molecular weight is 294 g/mol. The van der Waals surface area contributed by atoms with Crippen molar-refractivity contribution in [3.05, 3.63) is 35.9 Å². The molecule has 120 valence electrons. The van der Waals surface area contributed by atoms with Gasteiger partial charge in [-0.3, -0.25) is 4.90 Å². The average Bonchev–Trinajstić information content (AvgIpc) is 2.54. The lowest BCUT2D eigenvalue weighted by Gasteiger charge is -2.38. The van der Waals surface area contributed by atoms with Crippen LogP contribution in [0.3, 0.4) is 0 Å². The fraction of sp³-hybridized carbons (Fsp3) is 0.647. The van der Waals surface area contributed by atoms with Crippen LogP contribution in [0.25, 0.3) is 0 Å². The van der Waals surface area contributed by atoms with Crippen molar-refractivity contribution in [3.8, 4) is 0 Å². The Balaban J connectivity index is 2.85. The van der Waals surface area contributed by atoms with E-state index in [1.54, 1.807) is 0 Å². The summed E-state index contributed by atoms with van der Waals surface area (Å²) in [5.41, 5.74) is 0.710. The van der Waals surface area contributed by atoms with Gasteiger partial charge in [-0.05, 0) is 25.6 Å². The number of aliphatic hydroxyl groups is 1. The Morgan fingerprint density at radius 1 is 1.19 bits per heavy atom. The molecule has 0 fully saturated rings. The highest BCUT2D eigenvalue weighted by Gasteiger charge is 2.32. The van der Waals surface area contributed by atoms with E-state index in [9.17, 15) is 5.11 Å². The molecular weight excluding hydrogens is 264 g/mol. The second-order valence-electron chi connectivity index (χ2n) is 5.20. The van der Waals surface area contributed by atoms with Crippen LogP contribution in [0.15, 0.2) is 30.3 Å². The van der Waals surface area contributed by atoms with Gasteiger partial charge in [0.25, 0.3) is 0 Å². The third kappa shape index (κ3) is 5.40. The van der Waals surface area contributed by atoms with Gasteiger partial charge in [0.2, 0.25) is 0 Å². The summed E-state index contributed by atoms with van der Waals surface area (Å²) in [4.78, 5) is 2.32. The molecular formula is C17H30N2O2. The summed E-state index contributed by atoms with van der Waals surface area (Å²) in [6, 6.07) is 10.2. The first-order chi connectivity index (χ1) is 10.2. The molecule has 0 heterocycles. The van der Waals surface area contributed by atoms with Crippen LogP contribution in [0.4, 0.5) is 0 Å². The number of likely N-dealkylation sites (N-methyl/N-ethyl adjacent to an activating group) is 2. The quantitative estimate of drug-likeness (QED) is 0.611. The monoisotopic (exact) mass is 294 g/mol. The second-order valence-corrected chi connectivity index (χ2v) is 5.20. The maximum Gasteiger partial charge on any atom is 0.0797 e. The Kier molecular flexibility index (Phi) is 8.54. The number of rotatable bonds is 11. The van der Waals surface area contributed by atoms with Crippen molar-refractivity contribution < 1.29 is 9.84 Å². The fourth-order valence-corrected chi connectivity index (χ4v) is 2.61. The molecule has 1 aromatic carbocycles. The predicted molar refractivity (Wildman–Crippen MR) is 87.5 cm³/mol. The van der Waals surface area contributed by atoms with E-state index in [4.69, 9.17) is 4.74 Å². The van der Waals surface area contributed by atoms with Crippen molar-refractivity contribution >= 4 is 0 Å². The van der Waals surface area contributed by atoms with Gasteiger partial charge in [0.15, 0.2) is 0 Å². The van der Waals surface area contributed by atoms with Crippen molar-refractivity contribution in [1.29, 1.82) is 0 Å². The van der Waals surface area contributed by atoms with Gasteiger partial charge in [0.05, 0.1) is 18.8 Å². The third-order valence-corrected chi connectivity index (χ3v) is 3.81. The SMILES string of the molecule is CCNC(CO)(CN(CC)CCOCC)c1ccccc1. The summed E-state index contributed by atoms with van der Waals surface area (Å²) in [6.07, 6.45) is 0. The van der Waals surface area contributed by atoms with Gasteiger partial charge in [-0.25, -0.2) is 0 Å². The minimum absolute atomic E-state index is 0.0794. The summed E-state index contributed by atoms with van der Waals surface area (Å²) in [7, 11) is 0. The highest BCUT2D eigenvalue weighted by molar-refractivity contribution is 5.25. The smallest absolute Gasteiger partial charge is 0.0797 e. The number of nitrogens with zero attached hydrogens (tertiary/aromatic N) is 1. The van der Waals surface area contributed by atoms with Crippen molar-refractivity contribution in [2.24, 2.45) is 0 Å². The molecule has 0 aliphatic heterocycles. The summed E-state index contributed by atoms with van der Waals surface area (Å²) in [6.45, 7) is 11.2. The van der Waals surface area contributed by atoms with E-state index in [0.717, 1.165) is 45.0 Å². The Morgan fingerprint density at radius 2 is 1.90 bits per heavy atom. The molecule has 1 aromatic rings. The Labute approximate surface area is 129 Å². The van der Waals surface area contributed by atoms with E-state index >= 15 is 0 Å². The van der Waals surface area contributed by atoms with E-state index in [1.807, 2.05) is 25.1 Å². The first-order valence-electron chi connectivity index (χ1n) is 7.93. The molecule has 1 atom stereocenters. The van der Waals surface area contributed by atoms with E-state index in [1.165, 1.54) is 0 Å². The van der Waals surface area contributed by atoms with Crippen LogP contribution in [0.5, 0.6) is 0 Å². The second kappa shape index (κ2) is 9.90. The largest absolute Gasteiger partial charge is 0.394 e. The van der Waals surface area contributed by atoms with Gasteiger partial charge in [-0.15, -0.1) is 0 Å². The molecule has 2 N–H and O–H groups in total. The van der Waals surface area contributed by atoms with Crippen LogP contribution >= 0.6 is 0 Å². The number of nitrogens with one attached hydrogen (secondary N) is 1. The van der Waals surface area contributed by atoms with Gasteiger partial charge in [-0.1, -0.05) is 44.2 Å². The lowest BCUT2D eigenvalue weighted by molar-refractivity contribution is 0.0771. The molecule has 0 saturated carbocycles. The van der Waals surface area contributed by atoms with Gasteiger partial charge >= 0.3 is 0 Å². The van der Waals surface area contributed by atoms with Crippen molar-refractivity contribution in [1.82, 2.24) is 10.2 Å². The van der Waals surface area contributed by atoms with Crippen molar-refractivity contribution in [2.45, 2.75) is 26.3 Å². The van der Waals surface area contributed by atoms with E-state index in [-0.39, 0.29) is 6.61 Å². The first kappa shape index (κ1) is 18.1. The zero-order chi connectivity index (χ0) is 15.6. The van der Waals surface area contributed by atoms with Gasteiger partial charge in [0.1, 0.15) is 0 Å². The zero-order valence-corrected chi connectivity index (χ0v) is 13.6. The number of aliphatic hydroxyl groups excluding tert-OH is 1. The van der Waals surface area contributed by atoms with Gasteiger partial charge < -0.3 is 15.2 Å². The topological polar surface area (TPSA) is 44.7 Å². The molecule has 0 amide bonds. The molecule has 1 unspecified atom stereocenters. The molecule has 0 aromatic heterocycles. The standard InChI is InChI=1S/C17H30N2O2/c1-4-18-17(15-20,16-10-8-7-9-11-16)14-19(5-2)12-13-21-6-3/h7-11,18,20H,4-6,12-15H2,1-3H3. The summed E-state index contributed by atoms with van der Waals surface area (Å²) >= 11 is 0. The minimum atomic E-state index is -0.418. The molecule has 0 saturated heterocycles. The molecule has 0 aliphatic rings. The van der Waals surface area contributed by atoms with Crippen molar-refractivity contribution in [3.63, 3.8) is 0 Å². The zero-order valence-electron chi connectivity index (χ0n) is 13.6. The van der Waals surface area contributed by atoms with Gasteiger partial charge in [0, 0.05) is 19.7 Å². The van der Waals surface area contributed by atoms with Crippen LogP contribution in [0, 0.1) is 0 Å². The maximum absolute atomic E-state index is 10.1. The van der Waals surface area contributed by atoms with Crippen LogP contribution < -0.4 is 5.32 Å². The first-order valence-corrected chi connectivity index (χ1v) is 7.93. The van der Waals surface area contributed by atoms with E-state index in [2.05, 4.69) is 36.2 Å². The molecule has 0 bridgehead atoms. The fourth-order valence-electron chi connectivity index (χ4n) is 2.61. The maximum atomic E-state index is 10.1. The molecule has 0 aliphatic carbocycles. The number of ether oxygens (including phenoxy) is 1. The lowest BCUT2D eigenvalue weighted by Crippen LogP contribution is -2.54. The predicted octanol–water partition coefficient (Wildman–Crippen LogP) is 1.84. The third-order valence-electron chi connectivity index (χ3n) is 3.81. The van der Waals surface area contributed by atoms with E-state index in [0.29, 0.717) is 0 Å². The van der Waals surface area contributed by atoms with Gasteiger partial charge in [-0.2, -0.15) is 0 Å². The van der Waals surface area contributed by atoms with Crippen molar-refractivity contribution in [2.75, 3.05) is 46.0 Å². The van der Waals surface area contributed by atoms with Crippen LogP contribution in [-0.2, 0) is 10.3 Å².